The van der Waals surface area contributed by atoms with Gasteiger partial charge in [-0.25, -0.2) is 4.79 Å². The maximum Gasteiger partial charge on any atom is 0.343 e. The third-order valence-electron chi connectivity index (χ3n) is 5.08. The molecule has 158 valence electrons. The average molecular weight is 410 g/mol. The normalized spacial score (nSPS) is 14.7. The molecule has 1 aliphatic rings. The highest BCUT2D eigenvalue weighted by Gasteiger charge is 2.32. The van der Waals surface area contributed by atoms with Gasteiger partial charge in [-0.1, -0.05) is 30.3 Å². The van der Waals surface area contributed by atoms with Crippen LogP contribution in [0.3, 0.4) is 0 Å². The molecule has 1 fully saturated rings. The molecule has 7 heteroatoms. The first-order chi connectivity index (χ1) is 14.5. The van der Waals surface area contributed by atoms with E-state index in [9.17, 15) is 14.4 Å². The molecule has 0 saturated carbocycles. The number of likely N-dealkylation sites (tertiary alicyclic amines) is 1. The highest BCUT2D eigenvalue weighted by molar-refractivity contribution is 5.98. The third-order valence-corrected chi connectivity index (χ3v) is 5.08. The van der Waals surface area contributed by atoms with Gasteiger partial charge in [0, 0.05) is 18.7 Å². The number of methoxy groups -OCH3 is 1. The number of benzene rings is 2. The van der Waals surface area contributed by atoms with Crippen molar-refractivity contribution in [2.45, 2.75) is 32.2 Å². The number of hydrogen-bond acceptors (Lipinski definition) is 5. The number of carbonyl (C=O) groups excluding carboxylic acids is 3. The monoisotopic (exact) mass is 410 g/mol. The van der Waals surface area contributed by atoms with Crippen molar-refractivity contribution in [2.75, 3.05) is 25.6 Å². The van der Waals surface area contributed by atoms with Gasteiger partial charge >= 0.3 is 5.97 Å². The van der Waals surface area contributed by atoms with E-state index in [4.69, 9.17) is 4.74 Å². The van der Waals surface area contributed by atoms with Crippen LogP contribution in [0.1, 0.15) is 36.4 Å². The van der Waals surface area contributed by atoms with E-state index in [-0.39, 0.29) is 18.4 Å². The molecule has 1 aliphatic heterocycles. The van der Waals surface area contributed by atoms with Crippen LogP contribution in [-0.2, 0) is 19.1 Å². The summed E-state index contributed by atoms with van der Waals surface area (Å²) in [5, 5.41) is 2.95. The molecular formula is C23H26N2O5. The molecular weight excluding hydrogens is 384 g/mol. The molecule has 0 bridgehead atoms. The number of esters is 1. The first-order valence-electron chi connectivity index (χ1n) is 9.95. The Bertz CT molecular complexity index is 913. The van der Waals surface area contributed by atoms with Crippen LogP contribution < -0.4 is 10.1 Å². The quantitative estimate of drug-likeness (QED) is 0.709. The maximum absolute atomic E-state index is 13.3. The Balaban J connectivity index is 1.78. The number of anilines is 1. The minimum atomic E-state index is -0.686. The fourth-order valence-electron chi connectivity index (χ4n) is 3.48. The van der Waals surface area contributed by atoms with E-state index in [1.807, 2.05) is 37.3 Å². The van der Waals surface area contributed by atoms with E-state index in [0.29, 0.717) is 24.4 Å². The molecule has 1 saturated heterocycles. The van der Waals surface area contributed by atoms with Crippen LogP contribution >= 0.6 is 0 Å². The van der Waals surface area contributed by atoms with Gasteiger partial charge in [0.1, 0.15) is 11.8 Å². The van der Waals surface area contributed by atoms with Crippen molar-refractivity contribution in [1.82, 2.24) is 4.90 Å². The Hall–Kier alpha value is -3.35. The Morgan fingerprint density at radius 3 is 2.57 bits per heavy atom. The zero-order chi connectivity index (χ0) is 21.5. The zero-order valence-electron chi connectivity index (χ0n) is 17.2. The summed E-state index contributed by atoms with van der Waals surface area (Å²) in [5.41, 5.74) is 2.18. The van der Waals surface area contributed by atoms with Gasteiger partial charge in [-0.15, -0.1) is 0 Å². The molecule has 2 amide bonds. The number of nitrogens with zero attached hydrogens (tertiary/aromatic N) is 1. The van der Waals surface area contributed by atoms with Gasteiger partial charge in [0.05, 0.1) is 7.11 Å². The summed E-state index contributed by atoms with van der Waals surface area (Å²) in [6.07, 6.45) is 2.19. The van der Waals surface area contributed by atoms with Crippen molar-refractivity contribution in [1.29, 1.82) is 0 Å². The largest absolute Gasteiger partial charge is 0.482 e. The summed E-state index contributed by atoms with van der Waals surface area (Å²) in [4.78, 5) is 38.7. The Kier molecular flexibility index (Phi) is 7.06. The number of hydrogen-bond donors (Lipinski definition) is 1. The van der Waals surface area contributed by atoms with Crippen LogP contribution in [-0.4, -0.2) is 42.9 Å². The van der Waals surface area contributed by atoms with Gasteiger partial charge in [-0.2, -0.15) is 0 Å². The molecule has 1 unspecified atom stereocenters. The van der Waals surface area contributed by atoms with Gasteiger partial charge in [0.15, 0.2) is 6.61 Å². The minimum Gasteiger partial charge on any atom is -0.482 e. The van der Waals surface area contributed by atoms with Crippen LogP contribution in [0, 0.1) is 6.92 Å². The predicted octanol–water partition coefficient (Wildman–Crippen LogP) is 3.24. The number of amides is 2. The molecule has 0 aliphatic carbocycles. The van der Waals surface area contributed by atoms with Gasteiger partial charge < -0.3 is 19.7 Å². The highest BCUT2D eigenvalue weighted by atomic mass is 16.6. The number of ether oxygens (including phenoxy) is 2. The summed E-state index contributed by atoms with van der Waals surface area (Å²) in [6.45, 7) is 2.21. The van der Waals surface area contributed by atoms with Gasteiger partial charge in [-0.05, 0) is 49.1 Å². The molecule has 0 aromatic heterocycles. The molecule has 3 rings (SSSR count). The molecule has 2 aromatic carbocycles. The smallest absolute Gasteiger partial charge is 0.343 e. The lowest BCUT2D eigenvalue weighted by Gasteiger charge is -2.34. The van der Waals surface area contributed by atoms with Crippen molar-refractivity contribution >= 4 is 23.5 Å². The standard InChI is InChI=1S/C23H26N2O5/c1-16-14-18(30-15-21(27)29-2)11-12-19(16)24-23(28)22(17-8-4-3-5-9-17)25-13-7-6-10-20(25)26/h3-5,8-9,11-12,14,22H,6-7,10,13,15H2,1-2H3,(H,24,28). The predicted molar refractivity (Wildman–Crippen MR) is 112 cm³/mol. The average Bonchev–Trinajstić information content (AvgIpc) is 2.76. The first-order valence-corrected chi connectivity index (χ1v) is 9.95. The molecule has 1 heterocycles. The van der Waals surface area contributed by atoms with Crippen molar-refractivity contribution < 1.29 is 23.9 Å². The number of nitrogens with one attached hydrogen (secondary N) is 1. The molecule has 0 spiro atoms. The lowest BCUT2D eigenvalue weighted by atomic mass is 10.00. The topological polar surface area (TPSA) is 84.9 Å². The van der Waals surface area contributed by atoms with Crippen LogP contribution in [0.25, 0.3) is 0 Å². The minimum absolute atomic E-state index is 0.00599. The van der Waals surface area contributed by atoms with E-state index in [0.717, 1.165) is 24.0 Å². The summed E-state index contributed by atoms with van der Waals surface area (Å²) < 4.78 is 9.95. The molecule has 0 radical (unpaired) electrons. The van der Waals surface area contributed by atoms with Gasteiger partial charge in [-0.3, -0.25) is 9.59 Å². The summed E-state index contributed by atoms with van der Waals surface area (Å²) in [7, 11) is 1.30. The van der Waals surface area contributed by atoms with Crippen LogP contribution in [0.15, 0.2) is 48.5 Å². The molecule has 30 heavy (non-hydrogen) atoms. The fraction of sp³-hybridized carbons (Fsp3) is 0.348. The first kappa shape index (κ1) is 21.4. The molecule has 1 N–H and O–H groups in total. The number of piperidine rings is 1. The Morgan fingerprint density at radius 2 is 1.90 bits per heavy atom. The molecule has 2 aromatic rings. The molecule has 7 nitrogen and oxygen atoms in total. The van der Waals surface area contributed by atoms with Gasteiger partial charge in [0.2, 0.25) is 5.91 Å². The second-order valence-electron chi connectivity index (χ2n) is 7.19. The number of carbonyl (C=O) groups is 3. The third kappa shape index (κ3) is 5.17. The second kappa shape index (κ2) is 9.91. The van der Waals surface area contributed by atoms with E-state index < -0.39 is 12.0 Å². The van der Waals surface area contributed by atoms with Crippen molar-refractivity contribution in [3.63, 3.8) is 0 Å². The van der Waals surface area contributed by atoms with E-state index in [1.54, 1.807) is 23.1 Å². The highest BCUT2D eigenvalue weighted by Crippen LogP contribution is 2.28. The van der Waals surface area contributed by atoms with Crippen LogP contribution in [0.5, 0.6) is 5.75 Å². The Labute approximate surface area is 176 Å². The van der Waals surface area contributed by atoms with E-state index in [2.05, 4.69) is 10.1 Å². The van der Waals surface area contributed by atoms with Crippen molar-refractivity contribution in [3.05, 3.63) is 59.7 Å². The fourth-order valence-corrected chi connectivity index (χ4v) is 3.48. The van der Waals surface area contributed by atoms with Crippen LogP contribution in [0.2, 0.25) is 0 Å². The van der Waals surface area contributed by atoms with Crippen LogP contribution in [0.4, 0.5) is 5.69 Å². The van der Waals surface area contributed by atoms with Crippen molar-refractivity contribution in [2.24, 2.45) is 0 Å². The Morgan fingerprint density at radius 1 is 1.13 bits per heavy atom. The SMILES string of the molecule is COC(=O)COc1ccc(NC(=O)C(c2ccccc2)N2CCCCC2=O)c(C)c1. The molecule has 1 atom stereocenters. The summed E-state index contributed by atoms with van der Waals surface area (Å²) in [5.74, 6) is -0.236. The summed E-state index contributed by atoms with van der Waals surface area (Å²) >= 11 is 0. The van der Waals surface area contributed by atoms with E-state index >= 15 is 0 Å². The lowest BCUT2D eigenvalue weighted by molar-refractivity contribution is -0.143. The maximum atomic E-state index is 13.3. The lowest BCUT2D eigenvalue weighted by Crippen LogP contribution is -2.43. The second-order valence-corrected chi connectivity index (χ2v) is 7.19. The van der Waals surface area contributed by atoms with Crippen molar-refractivity contribution in [3.8, 4) is 5.75 Å². The number of aryl methyl sites for hydroxylation is 1. The summed E-state index contributed by atoms with van der Waals surface area (Å²) in [6, 6.07) is 13.8. The van der Waals surface area contributed by atoms with Gasteiger partial charge in [0.25, 0.3) is 5.91 Å². The number of rotatable bonds is 7. The van der Waals surface area contributed by atoms with E-state index in [1.165, 1.54) is 7.11 Å². The zero-order valence-corrected chi connectivity index (χ0v) is 17.2.